The second-order valence-electron chi connectivity index (χ2n) is 6.48. The molecule has 27 heavy (non-hydrogen) atoms. The van der Waals surface area contributed by atoms with Crippen molar-refractivity contribution in [1.82, 2.24) is 25.3 Å². The molecule has 0 fully saturated rings. The number of carbonyl (C=O) groups is 1. The minimum absolute atomic E-state index is 0.0353. The smallest absolute Gasteiger partial charge is 0.238 e. The molecule has 0 spiro atoms. The van der Waals surface area contributed by atoms with Gasteiger partial charge in [-0.15, -0.1) is 0 Å². The average molecular weight is 371 g/mol. The standard InChI is InChI=1S/C19H29N7O/c1-5-20-19(22-13-17-9-10-23-26(17)4)21-12-15-7-6-8-16(11-15)24-18(27)14-25(2)3/h6-11H,5,12-14H2,1-4H3,(H,24,27)(H2,20,21,22). The van der Waals surface area contributed by atoms with Crippen molar-refractivity contribution in [2.45, 2.75) is 20.0 Å². The molecular weight excluding hydrogens is 342 g/mol. The Morgan fingerprint density at radius 3 is 2.74 bits per heavy atom. The van der Waals surface area contributed by atoms with Gasteiger partial charge in [-0.2, -0.15) is 5.10 Å². The van der Waals surface area contributed by atoms with Crippen molar-refractivity contribution in [2.24, 2.45) is 12.0 Å². The largest absolute Gasteiger partial charge is 0.357 e. The molecule has 0 atom stereocenters. The van der Waals surface area contributed by atoms with Gasteiger partial charge in [0.05, 0.1) is 25.3 Å². The molecule has 0 radical (unpaired) electrons. The lowest BCUT2D eigenvalue weighted by atomic mass is 10.2. The SMILES string of the molecule is CCNC(=NCc1cccc(NC(=O)CN(C)C)c1)NCc1ccnn1C. The number of amides is 1. The highest BCUT2D eigenvalue weighted by molar-refractivity contribution is 5.92. The molecule has 1 heterocycles. The summed E-state index contributed by atoms with van der Waals surface area (Å²) in [5.41, 5.74) is 2.88. The number of carbonyl (C=O) groups excluding carboxylic acids is 1. The van der Waals surface area contributed by atoms with Crippen LogP contribution in [0.1, 0.15) is 18.2 Å². The van der Waals surface area contributed by atoms with Crippen molar-refractivity contribution in [3.05, 3.63) is 47.8 Å². The van der Waals surface area contributed by atoms with Gasteiger partial charge in [-0.1, -0.05) is 12.1 Å². The highest BCUT2D eigenvalue weighted by Crippen LogP contribution is 2.11. The van der Waals surface area contributed by atoms with E-state index in [-0.39, 0.29) is 5.91 Å². The van der Waals surface area contributed by atoms with Crippen LogP contribution in [0.25, 0.3) is 0 Å². The van der Waals surface area contributed by atoms with Crippen LogP contribution in [-0.4, -0.2) is 53.7 Å². The number of rotatable bonds is 8. The molecule has 0 saturated heterocycles. The Kier molecular flexibility index (Phi) is 7.81. The van der Waals surface area contributed by atoms with Crippen molar-refractivity contribution in [2.75, 3.05) is 32.5 Å². The number of benzene rings is 1. The van der Waals surface area contributed by atoms with Gasteiger partial charge in [0.15, 0.2) is 5.96 Å². The maximum atomic E-state index is 11.9. The van der Waals surface area contributed by atoms with Crippen molar-refractivity contribution in [3.8, 4) is 0 Å². The van der Waals surface area contributed by atoms with Crippen molar-refractivity contribution in [3.63, 3.8) is 0 Å². The number of aliphatic imine (C=N–C) groups is 1. The van der Waals surface area contributed by atoms with Crippen molar-refractivity contribution < 1.29 is 4.79 Å². The summed E-state index contributed by atoms with van der Waals surface area (Å²) >= 11 is 0. The number of likely N-dealkylation sites (N-methyl/N-ethyl adjacent to an activating group) is 1. The van der Waals surface area contributed by atoms with E-state index >= 15 is 0 Å². The van der Waals surface area contributed by atoms with E-state index in [1.165, 1.54) is 0 Å². The number of hydrogen-bond acceptors (Lipinski definition) is 4. The van der Waals surface area contributed by atoms with Crippen LogP contribution in [0, 0.1) is 0 Å². The molecule has 0 unspecified atom stereocenters. The minimum Gasteiger partial charge on any atom is -0.357 e. The maximum absolute atomic E-state index is 11.9. The Bertz CT molecular complexity index is 767. The third-order valence-electron chi connectivity index (χ3n) is 3.79. The zero-order chi connectivity index (χ0) is 19.6. The van der Waals surface area contributed by atoms with Gasteiger partial charge in [-0.25, -0.2) is 4.99 Å². The molecule has 0 aliphatic heterocycles. The van der Waals surface area contributed by atoms with Gasteiger partial charge in [0.25, 0.3) is 0 Å². The normalized spacial score (nSPS) is 11.5. The topological polar surface area (TPSA) is 86.6 Å². The number of nitrogens with zero attached hydrogens (tertiary/aromatic N) is 4. The molecule has 2 rings (SSSR count). The third-order valence-corrected chi connectivity index (χ3v) is 3.79. The van der Waals surface area contributed by atoms with Crippen molar-refractivity contribution in [1.29, 1.82) is 0 Å². The Morgan fingerprint density at radius 1 is 1.26 bits per heavy atom. The zero-order valence-electron chi connectivity index (χ0n) is 16.5. The van der Waals surface area contributed by atoms with E-state index in [0.717, 1.165) is 29.4 Å². The number of aromatic nitrogens is 2. The summed E-state index contributed by atoms with van der Waals surface area (Å²) in [6, 6.07) is 9.72. The molecule has 2 aromatic rings. The van der Waals surface area contributed by atoms with Crippen LogP contribution in [0.5, 0.6) is 0 Å². The molecule has 3 N–H and O–H groups in total. The highest BCUT2D eigenvalue weighted by Gasteiger charge is 2.05. The lowest BCUT2D eigenvalue weighted by molar-refractivity contribution is -0.116. The second-order valence-corrected chi connectivity index (χ2v) is 6.48. The van der Waals surface area contributed by atoms with E-state index in [4.69, 9.17) is 0 Å². The molecule has 0 saturated carbocycles. The van der Waals surface area contributed by atoms with E-state index in [1.807, 2.05) is 68.0 Å². The number of aryl methyl sites for hydroxylation is 1. The van der Waals surface area contributed by atoms with E-state index in [2.05, 4.69) is 26.0 Å². The van der Waals surface area contributed by atoms with Gasteiger partial charge in [0.2, 0.25) is 5.91 Å². The van der Waals surface area contributed by atoms with Gasteiger partial charge in [-0.05, 0) is 44.8 Å². The lowest BCUT2D eigenvalue weighted by Gasteiger charge is -2.12. The Hall–Kier alpha value is -2.87. The molecule has 8 heteroatoms. The lowest BCUT2D eigenvalue weighted by Crippen LogP contribution is -2.37. The summed E-state index contributed by atoms with van der Waals surface area (Å²) < 4.78 is 1.83. The quantitative estimate of drug-likeness (QED) is 0.479. The van der Waals surface area contributed by atoms with Crippen LogP contribution in [0.3, 0.4) is 0 Å². The zero-order valence-corrected chi connectivity index (χ0v) is 16.5. The van der Waals surface area contributed by atoms with Crippen LogP contribution < -0.4 is 16.0 Å². The summed E-state index contributed by atoms with van der Waals surface area (Å²) in [5.74, 6) is 0.701. The van der Waals surface area contributed by atoms with Gasteiger partial charge in [-0.3, -0.25) is 9.48 Å². The van der Waals surface area contributed by atoms with Crippen LogP contribution in [0.15, 0.2) is 41.5 Å². The fourth-order valence-electron chi connectivity index (χ4n) is 2.50. The third kappa shape index (κ3) is 7.10. The minimum atomic E-state index is -0.0353. The first-order valence-electron chi connectivity index (χ1n) is 9.00. The molecule has 0 aliphatic rings. The summed E-state index contributed by atoms with van der Waals surface area (Å²) in [6.45, 7) is 4.31. The second kappa shape index (κ2) is 10.3. The number of guanidine groups is 1. The first kappa shape index (κ1) is 20.4. The predicted octanol–water partition coefficient (Wildman–Crippen LogP) is 1.18. The molecule has 0 aliphatic carbocycles. The van der Waals surface area contributed by atoms with Crippen LogP contribution in [-0.2, 0) is 24.9 Å². The average Bonchev–Trinajstić information content (AvgIpc) is 3.02. The molecule has 146 valence electrons. The highest BCUT2D eigenvalue weighted by atomic mass is 16.2. The van der Waals surface area contributed by atoms with Crippen molar-refractivity contribution >= 4 is 17.6 Å². The number of nitrogens with one attached hydrogen (secondary N) is 3. The predicted molar refractivity (Wildman–Crippen MR) is 108 cm³/mol. The van der Waals surface area contributed by atoms with Gasteiger partial charge < -0.3 is 20.9 Å². The van der Waals surface area contributed by atoms with E-state index in [1.54, 1.807) is 6.20 Å². The van der Waals surface area contributed by atoms with Crippen LogP contribution in [0.4, 0.5) is 5.69 Å². The number of anilines is 1. The first-order valence-corrected chi connectivity index (χ1v) is 9.00. The molecule has 1 aromatic carbocycles. The molecule has 1 aromatic heterocycles. The van der Waals surface area contributed by atoms with Gasteiger partial charge in [0, 0.05) is 25.5 Å². The molecule has 0 bridgehead atoms. The summed E-state index contributed by atoms with van der Waals surface area (Å²) in [4.78, 5) is 18.4. The van der Waals surface area contributed by atoms with E-state index in [9.17, 15) is 4.79 Å². The monoisotopic (exact) mass is 371 g/mol. The molecule has 8 nitrogen and oxygen atoms in total. The Morgan fingerprint density at radius 2 is 2.07 bits per heavy atom. The fraction of sp³-hybridized carbons (Fsp3) is 0.421. The Balaban J connectivity index is 1.97. The summed E-state index contributed by atoms with van der Waals surface area (Å²) in [5, 5.41) is 13.6. The number of hydrogen-bond donors (Lipinski definition) is 3. The fourth-order valence-corrected chi connectivity index (χ4v) is 2.50. The molecule has 1 amide bonds. The summed E-state index contributed by atoms with van der Waals surface area (Å²) in [6.07, 6.45) is 1.77. The van der Waals surface area contributed by atoms with Gasteiger partial charge in [0.1, 0.15) is 0 Å². The van der Waals surface area contributed by atoms with E-state index < -0.39 is 0 Å². The van der Waals surface area contributed by atoms with Crippen LogP contribution in [0.2, 0.25) is 0 Å². The maximum Gasteiger partial charge on any atom is 0.238 e. The van der Waals surface area contributed by atoms with E-state index in [0.29, 0.717) is 19.6 Å². The van der Waals surface area contributed by atoms with Gasteiger partial charge >= 0.3 is 0 Å². The molecular formula is C19H29N7O. The Labute approximate surface area is 160 Å². The first-order chi connectivity index (χ1) is 13.0. The summed E-state index contributed by atoms with van der Waals surface area (Å²) in [7, 11) is 5.65. The van der Waals surface area contributed by atoms with Crippen LogP contribution >= 0.6 is 0 Å².